The molecule has 0 aliphatic carbocycles. The van der Waals surface area contributed by atoms with E-state index in [-0.39, 0.29) is 5.91 Å². The number of rotatable bonds is 3. The van der Waals surface area contributed by atoms with Crippen LogP contribution >= 0.6 is 0 Å². The van der Waals surface area contributed by atoms with Crippen molar-refractivity contribution >= 4 is 11.6 Å². The Morgan fingerprint density at radius 3 is 2.18 bits per heavy atom. The molecule has 4 nitrogen and oxygen atoms in total. The van der Waals surface area contributed by atoms with Crippen LogP contribution in [0.25, 0.3) is 0 Å². The van der Waals surface area contributed by atoms with Gasteiger partial charge in [-0.2, -0.15) is 0 Å². The zero-order chi connectivity index (χ0) is 12.4. The predicted octanol–water partition coefficient (Wildman–Crippen LogP) is 0.796. The second-order valence-corrected chi connectivity index (χ2v) is 4.67. The van der Waals surface area contributed by atoms with Crippen molar-refractivity contribution in [2.24, 2.45) is 0 Å². The first kappa shape index (κ1) is 11.9. The highest BCUT2D eigenvalue weighted by Crippen LogP contribution is 2.15. The molecule has 1 aromatic carbocycles. The number of carbonyl (C=O) groups excluding carboxylic acids is 1. The van der Waals surface area contributed by atoms with E-state index in [0.29, 0.717) is 6.04 Å². The van der Waals surface area contributed by atoms with Gasteiger partial charge in [-0.15, -0.1) is 0 Å². The fourth-order valence-corrected chi connectivity index (χ4v) is 1.82. The van der Waals surface area contributed by atoms with Crippen LogP contribution in [0.3, 0.4) is 0 Å². The molecule has 1 N–H and O–H groups in total. The van der Waals surface area contributed by atoms with Gasteiger partial charge in [0, 0.05) is 45.5 Å². The molecule has 1 aromatic rings. The van der Waals surface area contributed by atoms with Gasteiger partial charge in [0.1, 0.15) is 0 Å². The standard InChI is InChI=1S/C13H19N3O/c1-15(2)11-6-4-10(5-7-11)13(17)16(3)12-8-14-9-12/h4-7,12,14H,8-9H2,1-3H3. The Hall–Kier alpha value is -1.55. The van der Waals surface area contributed by atoms with E-state index in [2.05, 4.69) is 5.32 Å². The number of hydrogen-bond acceptors (Lipinski definition) is 3. The van der Waals surface area contributed by atoms with E-state index in [0.717, 1.165) is 24.3 Å². The van der Waals surface area contributed by atoms with Crippen molar-refractivity contribution < 1.29 is 4.79 Å². The maximum absolute atomic E-state index is 12.1. The van der Waals surface area contributed by atoms with E-state index in [4.69, 9.17) is 0 Å². The molecule has 0 radical (unpaired) electrons. The van der Waals surface area contributed by atoms with Gasteiger partial charge in [0.15, 0.2) is 0 Å². The number of likely N-dealkylation sites (N-methyl/N-ethyl adjacent to an activating group) is 1. The van der Waals surface area contributed by atoms with Gasteiger partial charge in [0.2, 0.25) is 0 Å². The molecule has 0 unspecified atom stereocenters. The summed E-state index contributed by atoms with van der Waals surface area (Å²) in [5, 5.41) is 3.17. The normalized spacial score (nSPS) is 15.2. The first-order chi connectivity index (χ1) is 8.09. The summed E-state index contributed by atoms with van der Waals surface area (Å²) >= 11 is 0. The first-order valence-corrected chi connectivity index (χ1v) is 5.85. The Bertz CT molecular complexity index is 396. The lowest BCUT2D eigenvalue weighted by atomic mass is 10.1. The molecule has 1 aliphatic rings. The Morgan fingerprint density at radius 1 is 1.18 bits per heavy atom. The van der Waals surface area contributed by atoms with E-state index in [1.807, 2.05) is 55.2 Å². The molecule has 17 heavy (non-hydrogen) atoms. The van der Waals surface area contributed by atoms with Gasteiger partial charge < -0.3 is 15.1 Å². The lowest BCUT2D eigenvalue weighted by Gasteiger charge is -2.35. The van der Waals surface area contributed by atoms with Crippen molar-refractivity contribution in [3.8, 4) is 0 Å². The second-order valence-electron chi connectivity index (χ2n) is 4.67. The summed E-state index contributed by atoms with van der Waals surface area (Å²) in [6.45, 7) is 1.80. The number of anilines is 1. The second kappa shape index (κ2) is 4.75. The molecule has 1 heterocycles. The summed E-state index contributed by atoms with van der Waals surface area (Å²) in [6.07, 6.45) is 0. The van der Waals surface area contributed by atoms with Gasteiger partial charge in [-0.3, -0.25) is 4.79 Å². The highest BCUT2D eigenvalue weighted by molar-refractivity contribution is 5.94. The van der Waals surface area contributed by atoms with Gasteiger partial charge in [-0.25, -0.2) is 0 Å². The van der Waals surface area contributed by atoms with E-state index >= 15 is 0 Å². The highest BCUT2D eigenvalue weighted by atomic mass is 16.2. The summed E-state index contributed by atoms with van der Waals surface area (Å²) in [5.41, 5.74) is 1.86. The topological polar surface area (TPSA) is 35.6 Å². The maximum atomic E-state index is 12.1. The van der Waals surface area contributed by atoms with Gasteiger partial charge in [0.25, 0.3) is 5.91 Å². The van der Waals surface area contributed by atoms with Crippen LogP contribution in [0.15, 0.2) is 24.3 Å². The van der Waals surface area contributed by atoms with Gasteiger partial charge in [-0.1, -0.05) is 0 Å². The molecule has 92 valence electrons. The first-order valence-electron chi connectivity index (χ1n) is 5.85. The molecular formula is C13H19N3O. The van der Waals surface area contributed by atoms with Crippen LogP contribution in [0, 0.1) is 0 Å². The van der Waals surface area contributed by atoms with Crippen LogP contribution < -0.4 is 10.2 Å². The predicted molar refractivity (Wildman–Crippen MR) is 69.5 cm³/mol. The number of nitrogens with one attached hydrogen (secondary N) is 1. The van der Waals surface area contributed by atoms with Crippen LogP contribution in [-0.4, -0.2) is 51.1 Å². The number of amides is 1. The summed E-state index contributed by atoms with van der Waals surface area (Å²) in [4.78, 5) is 16.0. The monoisotopic (exact) mass is 233 g/mol. The number of nitrogens with zero attached hydrogens (tertiary/aromatic N) is 2. The summed E-state index contributed by atoms with van der Waals surface area (Å²) in [5.74, 6) is 0.0989. The van der Waals surface area contributed by atoms with E-state index in [1.165, 1.54) is 0 Å². The zero-order valence-corrected chi connectivity index (χ0v) is 10.6. The maximum Gasteiger partial charge on any atom is 0.253 e. The largest absolute Gasteiger partial charge is 0.378 e. The zero-order valence-electron chi connectivity index (χ0n) is 10.6. The van der Waals surface area contributed by atoms with Crippen LogP contribution in [0.4, 0.5) is 5.69 Å². The van der Waals surface area contributed by atoms with Crippen molar-refractivity contribution in [2.45, 2.75) is 6.04 Å². The molecule has 1 fully saturated rings. The molecule has 0 spiro atoms. The SMILES string of the molecule is CN(C)c1ccc(C(=O)N(C)C2CNC2)cc1. The Kier molecular flexibility index (Phi) is 3.33. The lowest BCUT2D eigenvalue weighted by molar-refractivity contribution is 0.0681. The quantitative estimate of drug-likeness (QED) is 0.838. The average Bonchev–Trinajstić information content (AvgIpc) is 2.25. The van der Waals surface area contributed by atoms with Crippen LogP contribution in [-0.2, 0) is 0 Å². The number of carbonyl (C=O) groups is 1. The van der Waals surface area contributed by atoms with Crippen molar-refractivity contribution in [3.63, 3.8) is 0 Å². The molecule has 4 heteroatoms. The fourth-order valence-electron chi connectivity index (χ4n) is 1.82. The van der Waals surface area contributed by atoms with Gasteiger partial charge in [0.05, 0.1) is 6.04 Å². The molecule has 0 aromatic heterocycles. The molecule has 1 amide bonds. The molecule has 0 atom stereocenters. The van der Waals surface area contributed by atoms with Crippen LogP contribution in [0.5, 0.6) is 0 Å². The fraction of sp³-hybridized carbons (Fsp3) is 0.462. The third-order valence-electron chi connectivity index (χ3n) is 3.26. The third kappa shape index (κ3) is 2.42. The van der Waals surface area contributed by atoms with Crippen molar-refractivity contribution in [3.05, 3.63) is 29.8 Å². The van der Waals surface area contributed by atoms with Gasteiger partial charge in [-0.05, 0) is 24.3 Å². The van der Waals surface area contributed by atoms with Crippen LogP contribution in [0.2, 0.25) is 0 Å². The minimum Gasteiger partial charge on any atom is -0.378 e. The highest BCUT2D eigenvalue weighted by Gasteiger charge is 2.25. The Labute approximate surface area is 102 Å². The molecule has 0 saturated carbocycles. The Balaban J connectivity index is 2.08. The van der Waals surface area contributed by atoms with E-state index < -0.39 is 0 Å². The molecule has 1 aliphatic heterocycles. The van der Waals surface area contributed by atoms with Gasteiger partial charge >= 0.3 is 0 Å². The van der Waals surface area contributed by atoms with Crippen molar-refractivity contribution in [1.29, 1.82) is 0 Å². The summed E-state index contributed by atoms with van der Waals surface area (Å²) < 4.78 is 0. The minimum absolute atomic E-state index is 0.0989. The molecule has 1 saturated heterocycles. The van der Waals surface area contributed by atoms with E-state index in [1.54, 1.807) is 0 Å². The van der Waals surface area contributed by atoms with Crippen molar-refractivity contribution in [1.82, 2.24) is 10.2 Å². The Morgan fingerprint density at radius 2 is 1.76 bits per heavy atom. The number of benzene rings is 1. The molecule has 2 rings (SSSR count). The van der Waals surface area contributed by atoms with Crippen molar-refractivity contribution in [2.75, 3.05) is 39.1 Å². The number of hydrogen-bond donors (Lipinski definition) is 1. The molecular weight excluding hydrogens is 214 g/mol. The summed E-state index contributed by atoms with van der Waals surface area (Å²) in [6, 6.07) is 8.07. The lowest BCUT2D eigenvalue weighted by Crippen LogP contribution is -2.57. The smallest absolute Gasteiger partial charge is 0.253 e. The third-order valence-corrected chi connectivity index (χ3v) is 3.26. The van der Waals surface area contributed by atoms with E-state index in [9.17, 15) is 4.79 Å². The summed E-state index contributed by atoms with van der Waals surface area (Å²) in [7, 11) is 5.85. The average molecular weight is 233 g/mol. The molecule has 0 bridgehead atoms. The minimum atomic E-state index is 0.0989. The van der Waals surface area contributed by atoms with Crippen LogP contribution in [0.1, 0.15) is 10.4 Å².